The maximum Gasteiger partial charge on any atom is 0.257 e. The van der Waals surface area contributed by atoms with Crippen LogP contribution in [0.4, 0.5) is 5.13 Å². The standard InChI is InChI=1S/C13H13N3O3S/c1-3-6-19-10-5-4-9(7-11(10)18-2)12(17)15-13-16-14-8-20-13/h3-5,7-8H,1,6H2,2H3,(H,15,16,17). The minimum atomic E-state index is -0.282. The molecule has 20 heavy (non-hydrogen) atoms. The van der Waals surface area contributed by atoms with Crippen LogP contribution in [-0.4, -0.2) is 29.8 Å². The van der Waals surface area contributed by atoms with Gasteiger partial charge in [-0.2, -0.15) is 0 Å². The van der Waals surface area contributed by atoms with Crippen molar-refractivity contribution in [1.82, 2.24) is 10.2 Å². The Balaban J connectivity index is 2.15. The fourth-order valence-corrected chi connectivity index (χ4v) is 1.91. The molecule has 0 spiro atoms. The van der Waals surface area contributed by atoms with E-state index in [1.807, 2.05) is 0 Å². The van der Waals surface area contributed by atoms with Gasteiger partial charge < -0.3 is 9.47 Å². The van der Waals surface area contributed by atoms with E-state index in [-0.39, 0.29) is 5.91 Å². The van der Waals surface area contributed by atoms with Crippen molar-refractivity contribution in [3.8, 4) is 11.5 Å². The molecule has 1 aromatic heterocycles. The first-order valence-electron chi connectivity index (χ1n) is 5.74. The van der Waals surface area contributed by atoms with Crippen molar-refractivity contribution in [2.75, 3.05) is 19.0 Å². The highest BCUT2D eigenvalue weighted by molar-refractivity contribution is 7.13. The summed E-state index contributed by atoms with van der Waals surface area (Å²) in [4.78, 5) is 12.0. The maximum absolute atomic E-state index is 12.0. The maximum atomic E-state index is 12.0. The van der Waals surface area contributed by atoms with Gasteiger partial charge in [0.05, 0.1) is 7.11 Å². The zero-order valence-corrected chi connectivity index (χ0v) is 11.6. The van der Waals surface area contributed by atoms with Gasteiger partial charge in [-0.1, -0.05) is 24.0 Å². The summed E-state index contributed by atoms with van der Waals surface area (Å²) >= 11 is 1.25. The topological polar surface area (TPSA) is 73.3 Å². The van der Waals surface area contributed by atoms with E-state index >= 15 is 0 Å². The van der Waals surface area contributed by atoms with Gasteiger partial charge in [0.2, 0.25) is 5.13 Å². The molecule has 0 fully saturated rings. The molecule has 2 rings (SSSR count). The van der Waals surface area contributed by atoms with Crippen LogP contribution in [-0.2, 0) is 0 Å². The molecule has 0 aliphatic rings. The summed E-state index contributed by atoms with van der Waals surface area (Å²) in [5.74, 6) is 0.756. The molecule has 1 aromatic carbocycles. The fraction of sp³-hybridized carbons (Fsp3) is 0.154. The van der Waals surface area contributed by atoms with Crippen molar-refractivity contribution < 1.29 is 14.3 Å². The zero-order chi connectivity index (χ0) is 14.4. The summed E-state index contributed by atoms with van der Waals surface area (Å²) in [6.07, 6.45) is 1.63. The van der Waals surface area contributed by atoms with Crippen LogP contribution in [0.5, 0.6) is 11.5 Å². The van der Waals surface area contributed by atoms with Crippen molar-refractivity contribution in [3.05, 3.63) is 41.9 Å². The van der Waals surface area contributed by atoms with E-state index in [4.69, 9.17) is 9.47 Å². The molecule has 2 aromatic rings. The number of nitrogens with zero attached hydrogens (tertiary/aromatic N) is 2. The lowest BCUT2D eigenvalue weighted by atomic mass is 10.2. The molecule has 0 atom stereocenters. The average Bonchev–Trinajstić information content (AvgIpc) is 2.97. The number of methoxy groups -OCH3 is 1. The van der Waals surface area contributed by atoms with Crippen molar-refractivity contribution in [2.45, 2.75) is 0 Å². The molecule has 0 radical (unpaired) electrons. The van der Waals surface area contributed by atoms with Crippen LogP contribution in [0.15, 0.2) is 36.4 Å². The molecule has 6 nitrogen and oxygen atoms in total. The number of ether oxygens (including phenoxy) is 2. The molecule has 7 heteroatoms. The highest BCUT2D eigenvalue weighted by Crippen LogP contribution is 2.28. The van der Waals surface area contributed by atoms with Crippen LogP contribution in [0.2, 0.25) is 0 Å². The van der Waals surface area contributed by atoms with Gasteiger partial charge in [0.25, 0.3) is 5.91 Å². The lowest BCUT2D eigenvalue weighted by molar-refractivity contribution is 0.102. The Morgan fingerprint density at radius 2 is 2.35 bits per heavy atom. The highest BCUT2D eigenvalue weighted by Gasteiger charge is 2.12. The predicted molar refractivity (Wildman–Crippen MR) is 76.5 cm³/mol. The number of carbonyl (C=O) groups excluding carboxylic acids is 1. The molecule has 0 aliphatic carbocycles. The molecule has 0 saturated heterocycles. The van der Waals surface area contributed by atoms with Crippen LogP contribution in [0.3, 0.4) is 0 Å². The third kappa shape index (κ3) is 3.33. The second-order valence-corrected chi connectivity index (χ2v) is 4.50. The first-order chi connectivity index (χ1) is 9.74. The normalized spacial score (nSPS) is 9.85. The van der Waals surface area contributed by atoms with Crippen LogP contribution < -0.4 is 14.8 Å². The zero-order valence-electron chi connectivity index (χ0n) is 10.8. The molecule has 0 bridgehead atoms. The van der Waals surface area contributed by atoms with E-state index in [0.717, 1.165) is 0 Å². The molecule has 1 heterocycles. The lowest BCUT2D eigenvalue weighted by Crippen LogP contribution is -2.12. The SMILES string of the molecule is C=CCOc1ccc(C(=O)Nc2nncs2)cc1OC. The van der Waals surface area contributed by atoms with Gasteiger partial charge in [0.15, 0.2) is 11.5 Å². The van der Waals surface area contributed by atoms with Gasteiger partial charge in [0.1, 0.15) is 12.1 Å². The Bertz CT molecular complexity index is 599. The van der Waals surface area contributed by atoms with Gasteiger partial charge >= 0.3 is 0 Å². The van der Waals surface area contributed by atoms with E-state index in [2.05, 4.69) is 22.1 Å². The smallest absolute Gasteiger partial charge is 0.257 e. The first-order valence-corrected chi connectivity index (χ1v) is 6.62. The lowest BCUT2D eigenvalue weighted by Gasteiger charge is -2.10. The molecular weight excluding hydrogens is 278 g/mol. The summed E-state index contributed by atoms with van der Waals surface area (Å²) in [5, 5.41) is 10.5. The minimum absolute atomic E-state index is 0.282. The monoisotopic (exact) mass is 291 g/mol. The van der Waals surface area contributed by atoms with Crippen LogP contribution in [0, 0.1) is 0 Å². The molecule has 1 N–H and O–H groups in total. The molecule has 0 aliphatic heterocycles. The van der Waals surface area contributed by atoms with Gasteiger partial charge in [-0.25, -0.2) is 0 Å². The van der Waals surface area contributed by atoms with Crippen LogP contribution in [0.25, 0.3) is 0 Å². The van der Waals surface area contributed by atoms with Crippen molar-refractivity contribution >= 4 is 22.4 Å². The van der Waals surface area contributed by atoms with E-state index in [0.29, 0.717) is 28.8 Å². The molecule has 0 saturated carbocycles. The van der Waals surface area contributed by atoms with E-state index in [9.17, 15) is 4.79 Å². The van der Waals surface area contributed by atoms with Crippen molar-refractivity contribution in [1.29, 1.82) is 0 Å². The first kappa shape index (κ1) is 14.0. The Hall–Kier alpha value is -2.41. The summed E-state index contributed by atoms with van der Waals surface area (Å²) in [5.41, 5.74) is 1.99. The second kappa shape index (κ2) is 6.67. The second-order valence-electron chi connectivity index (χ2n) is 3.66. The number of benzene rings is 1. The fourth-order valence-electron chi connectivity index (χ4n) is 1.47. The molecule has 1 amide bonds. The molecule has 0 unspecified atom stereocenters. The minimum Gasteiger partial charge on any atom is -0.493 e. The number of anilines is 1. The number of nitrogens with one attached hydrogen (secondary N) is 1. The summed E-state index contributed by atoms with van der Waals surface area (Å²) in [7, 11) is 1.52. The van der Waals surface area contributed by atoms with Crippen molar-refractivity contribution in [3.63, 3.8) is 0 Å². The van der Waals surface area contributed by atoms with E-state index < -0.39 is 0 Å². The van der Waals surface area contributed by atoms with Crippen LogP contribution >= 0.6 is 11.3 Å². The van der Waals surface area contributed by atoms with Gasteiger partial charge in [-0.05, 0) is 18.2 Å². The predicted octanol–water partition coefficient (Wildman–Crippen LogP) is 2.36. The number of amides is 1. The van der Waals surface area contributed by atoms with Crippen molar-refractivity contribution in [2.24, 2.45) is 0 Å². The highest BCUT2D eigenvalue weighted by atomic mass is 32.1. The van der Waals surface area contributed by atoms with E-state index in [1.54, 1.807) is 29.8 Å². The Kier molecular flexibility index (Phi) is 4.67. The Morgan fingerprint density at radius 1 is 1.50 bits per heavy atom. The average molecular weight is 291 g/mol. The number of hydrogen-bond acceptors (Lipinski definition) is 6. The number of rotatable bonds is 6. The number of carbonyl (C=O) groups is 1. The number of aromatic nitrogens is 2. The summed E-state index contributed by atoms with van der Waals surface area (Å²) in [6.45, 7) is 3.94. The largest absolute Gasteiger partial charge is 0.493 e. The summed E-state index contributed by atoms with van der Waals surface area (Å²) in [6, 6.07) is 4.93. The van der Waals surface area contributed by atoms with Gasteiger partial charge in [0, 0.05) is 5.56 Å². The molecule has 104 valence electrons. The third-order valence-corrected chi connectivity index (χ3v) is 2.97. The quantitative estimate of drug-likeness (QED) is 0.827. The van der Waals surface area contributed by atoms with E-state index in [1.165, 1.54) is 18.4 Å². The Morgan fingerprint density at radius 3 is 3.00 bits per heavy atom. The van der Waals surface area contributed by atoms with Crippen LogP contribution in [0.1, 0.15) is 10.4 Å². The summed E-state index contributed by atoms with van der Waals surface area (Å²) < 4.78 is 10.6. The van der Waals surface area contributed by atoms with Gasteiger partial charge in [-0.3, -0.25) is 10.1 Å². The molecular formula is C13H13N3O3S. The van der Waals surface area contributed by atoms with Gasteiger partial charge in [-0.15, -0.1) is 10.2 Å². The third-order valence-electron chi connectivity index (χ3n) is 2.36. The number of hydrogen-bond donors (Lipinski definition) is 1. The Labute approximate surface area is 120 Å².